The maximum atomic E-state index is 9.84. The lowest BCUT2D eigenvalue weighted by Gasteiger charge is -2.16. The first-order valence-electron chi connectivity index (χ1n) is 6.05. The number of thioether (sulfide) groups is 1. The fourth-order valence-electron chi connectivity index (χ4n) is 1.98. The van der Waals surface area contributed by atoms with Crippen LogP contribution in [0, 0.1) is 0 Å². The second-order valence-corrected chi connectivity index (χ2v) is 5.21. The van der Waals surface area contributed by atoms with Gasteiger partial charge in [0, 0.05) is 16.7 Å². The molecule has 96 valence electrons. The lowest BCUT2D eigenvalue weighted by molar-refractivity contribution is 0.193. The molecule has 1 N–H and O–H groups in total. The molecule has 3 heteroatoms. The van der Waals surface area contributed by atoms with Gasteiger partial charge in [-0.2, -0.15) is 11.8 Å². The van der Waals surface area contributed by atoms with E-state index in [9.17, 15) is 5.11 Å². The van der Waals surface area contributed by atoms with Crippen molar-refractivity contribution in [2.75, 3.05) is 18.6 Å². The van der Waals surface area contributed by atoms with E-state index in [2.05, 4.69) is 12.3 Å². The summed E-state index contributed by atoms with van der Waals surface area (Å²) >= 11 is 1.75. The Kier molecular flexibility index (Phi) is 4.50. The number of fused-ring (bicyclic) bond motifs is 1. The summed E-state index contributed by atoms with van der Waals surface area (Å²) < 4.78 is 5.87. The molecule has 0 aromatic heterocycles. The number of aliphatic hydroxyl groups is 1. The predicted molar refractivity (Wildman–Crippen MR) is 78.5 cm³/mol. The van der Waals surface area contributed by atoms with Crippen LogP contribution < -0.4 is 4.74 Å². The van der Waals surface area contributed by atoms with E-state index in [-0.39, 0.29) is 0 Å². The molecule has 0 aliphatic carbocycles. The molecule has 0 aliphatic rings. The van der Waals surface area contributed by atoms with E-state index in [1.807, 2.05) is 30.3 Å². The zero-order chi connectivity index (χ0) is 13.0. The number of aliphatic hydroxyl groups excluding tert-OH is 1. The Morgan fingerprint density at radius 1 is 1.22 bits per heavy atom. The molecular weight excluding hydrogens is 244 g/mol. The summed E-state index contributed by atoms with van der Waals surface area (Å²) in [5.74, 6) is 1.76. The molecule has 18 heavy (non-hydrogen) atoms. The van der Waals surface area contributed by atoms with Crippen molar-refractivity contribution in [1.82, 2.24) is 0 Å². The van der Waals surface area contributed by atoms with Crippen LogP contribution in [0.1, 0.15) is 18.6 Å². The highest BCUT2D eigenvalue weighted by molar-refractivity contribution is 7.98. The van der Waals surface area contributed by atoms with Crippen LogP contribution in [-0.4, -0.2) is 23.7 Å². The van der Waals surface area contributed by atoms with Gasteiger partial charge in [0.2, 0.25) is 0 Å². The Hall–Kier alpha value is -1.19. The zero-order valence-electron chi connectivity index (χ0n) is 10.7. The second kappa shape index (κ2) is 6.12. The van der Waals surface area contributed by atoms with E-state index < -0.39 is 6.10 Å². The smallest absolute Gasteiger partial charge is 0.132 e. The molecule has 0 unspecified atom stereocenters. The SMILES string of the molecule is CSCCOc1c([C@H](C)O)ccc2ccccc12. The largest absolute Gasteiger partial charge is 0.492 e. The van der Waals surface area contributed by atoms with Crippen LogP contribution in [0.4, 0.5) is 0 Å². The van der Waals surface area contributed by atoms with Gasteiger partial charge in [0.25, 0.3) is 0 Å². The minimum absolute atomic E-state index is 0.515. The summed E-state index contributed by atoms with van der Waals surface area (Å²) in [6.45, 7) is 2.43. The number of rotatable bonds is 5. The number of hydrogen-bond donors (Lipinski definition) is 1. The van der Waals surface area contributed by atoms with E-state index in [0.29, 0.717) is 6.61 Å². The van der Waals surface area contributed by atoms with Crippen LogP contribution in [0.3, 0.4) is 0 Å². The summed E-state index contributed by atoms with van der Waals surface area (Å²) in [5, 5.41) is 12.0. The highest BCUT2D eigenvalue weighted by atomic mass is 32.2. The van der Waals surface area contributed by atoms with Gasteiger partial charge in [0.1, 0.15) is 5.75 Å². The molecule has 1 atom stereocenters. The van der Waals surface area contributed by atoms with E-state index in [4.69, 9.17) is 4.74 Å². The summed E-state index contributed by atoms with van der Waals surface area (Å²) in [6, 6.07) is 12.1. The Morgan fingerprint density at radius 2 is 2.00 bits per heavy atom. The molecule has 0 spiro atoms. The van der Waals surface area contributed by atoms with E-state index in [0.717, 1.165) is 27.8 Å². The Morgan fingerprint density at radius 3 is 2.72 bits per heavy atom. The van der Waals surface area contributed by atoms with Crippen LogP contribution in [0.15, 0.2) is 36.4 Å². The second-order valence-electron chi connectivity index (χ2n) is 4.22. The molecule has 2 rings (SSSR count). The van der Waals surface area contributed by atoms with Crippen molar-refractivity contribution in [3.8, 4) is 5.75 Å². The Labute approximate surface area is 112 Å². The van der Waals surface area contributed by atoms with Gasteiger partial charge in [-0.15, -0.1) is 0 Å². The molecule has 2 nitrogen and oxygen atoms in total. The van der Waals surface area contributed by atoms with Crippen molar-refractivity contribution >= 4 is 22.5 Å². The van der Waals surface area contributed by atoms with Gasteiger partial charge in [0.15, 0.2) is 0 Å². The highest BCUT2D eigenvalue weighted by Gasteiger charge is 2.12. The normalized spacial score (nSPS) is 12.6. The van der Waals surface area contributed by atoms with Gasteiger partial charge < -0.3 is 9.84 Å². The summed E-state index contributed by atoms with van der Waals surface area (Å²) in [7, 11) is 0. The van der Waals surface area contributed by atoms with Gasteiger partial charge in [-0.25, -0.2) is 0 Å². The Balaban J connectivity index is 2.45. The first-order valence-corrected chi connectivity index (χ1v) is 7.45. The van der Waals surface area contributed by atoms with Crippen molar-refractivity contribution in [3.63, 3.8) is 0 Å². The Bertz CT molecular complexity index is 523. The fraction of sp³-hybridized carbons (Fsp3) is 0.333. The third kappa shape index (κ3) is 2.79. The average molecular weight is 262 g/mol. The summed E-state index contributed by atoms with van der Waals surface area (Å²) in [5.41, 5.74) is 0.856. The van der Waals surface area contributed by atoms with Gasteiger partial charge in [-0.3, -0.25) is 0 Å². The molecule has 0 saturated carbocycles. The summed E-state index contributed by atoms with van der Waals surface area (Å²) in [4.78, 5) is 0. The van der Waals surface area contributed by atoms with E-state index in [1.54, 1.807) is 18.7 Å². The molecular formula is C15H18O2S. The maximum absolute atomic E-state index is 9.84. The lowest BCUT2D eigenvalue weighted by atomic mass is 10.0. The van der Waals surface area contributed by atoms with Gasteiger partial charge in [-0.05, 0) is 18.6 Å². The van der Waals surface area contributed by atoms with Crippen LogP contribution in [0.2, 0.25) is 0 Å². The first kappa shape index (κ1) is 13.2. The molecule has 0 fully saturated rings. The molecule has 2 aromatic carbocycles. The van der Waals surface area contributed by atoms with Gasteiger partial charge in [0.05, 0.1) is 12.7 Å². The van der Waals surface area contributed by atoms with Crippen LogP contribution in [0.25, 0.3) is 10.8 Å². The number of ether oxygens (including phenoxy) is 1. The first-order chi connectivity index (χ1) is 8.74. The molecule has 0 bridgehead atoms. The highest BCUT2D eigenvalue weighted by Crippen LogP contribution is 2.33. The van der Waals surface area contributed by atoms with Crippen molar-refractivity contribution in [2.45, 2.75) is 13.0 Å². The van der Waals surface area contributed by atoms with Crippen molar-refractivity contribution in [2.24, 2.45) is 0 Å². The van der Waals surface area contributed by atoms with E-state index >= 15 is 0 Å². The van der Waals surface area contributed by atoms with Crippen LogP contribution in [0.5, 0.6) is 5.75 Å². The monoisotopic (exact) mass is 262 g/mol. The van der Waals surface area contributed by atoms with Gasteiger partial charge in [-0.1, -0.05) is 36.4 Å². The minimum atomic E-state index is -0.515. The third-order valence-corrected chi connectivity index (χ3v) is 3.47. The number of hydrogen-bond acceptors (Lipinski definition) is 3. The van der Waals surface area contributed by atoms with Crippen molar-refractivity contribution in [1.29, 1.82) is 0 Å². The molecule has 0 heterocycles. The van der Waals surface area contributed by atoms with Crippen LogP contribution >= 0.6 is 11.8 Å². The molecule has 0 amide bonds. The molecule has 0 radical (unpaired) electrons. The quantitative estimate of drug-likeness (QED) is 0.834. The predicted octanol–water partition coefficient (Wildman–Crippen LogP) is 3.63. The maximum Gasteiger partial charge on any atom is 0.132 e. The van der Waals surface area contributed by atoms with Crippen molar-refractivity contribution < 1.29 is 9.84 Å². The lowest BCUT2D eigenvalue weighted by Crippen LogP contribution is -2.04. The summed E-state index contributed by atoms with van der Waals surface area (Å²) in [6.07, 6.45) is 1.54. The third-order valence-electron chi connectivity index (χ3n) is 2.89. The van der Waals surface area contributed by atoms with Gasteiger partial charge >= 0.3 is 0 Å². The molecule has 0 aliphatic heterocycles. The average Bonchev–Trinajstić information content (AvgIpc) is 2.38. The van der Waals surface area contributed by atoms with Crippen molar-refractivity contribution in [3.05, 3.63) is 42.0 Å². The number of benzene rings is 2. The zero-order valence-corrected chi connectivity index (χ0v) is 11.5. The van der Waals surface area contributed by atoms with Crippen LogP contribution in [-0.2, 0) is 0 Å². The standard InChI is InChI=1S/C15H18O2S/c1-11(16)13-8-7-12-5-3-4-6-14(12)15(13)17-9-10-18-2/h3-8,11,16H,9-10H2,1-2H3/t11-/m0/s1. The molecule has 0 saturated heterocycles. The minimum Gasteiger partial charge on any atom is -0.492 e. The topological polar surface area (TPSA) is 29.5 Å². The van der Waals surface area contributed by atoms with E-state index in [1.165, 1.54) is 0 Å². The fourth-order valence-corrected chi connectivity index (χ4v) is 2.23. The molecule has 2 aromatic rings.